The molecule has 5 nitrogen and oxygen atoms in total. The number of nitrogens with one attached hydrogen (secondary N) is 1. The molecule has 2 N–H and O–H groups in total. The predicted molar refractivity (Wildman–Crippen MR) is 95.9 cm³/mol. The second-order valence-electron chi connectivity index (χ2n) is 5.72. The maximum atomic E-state index is 10.1. The van der Waals surface area contributed by atoms with E-state index in [1.54, 1.807) is 24.8 Å². The number of hydrogen-bond donors (Lipinski definition) is 2. The molecule has 1 aromatic carbocycles. The van der Waals surface area contributed by atoms with Gasteiger partial charge in [0, 0.05) is 37.9 Å². The van der Waals surface area contributed by atoms with E-state index >= 15 is 0 Å². The minimum absolute atomic E-state index is 0.490. The Morgan fingerprint density at radius 2 is 1.48 bits per heavy atom. The van der Waals surface area contributed by atoms with Crippen LogP contribution in [0.15, 0.2) is 73.3 Å². The van der Waals surface area contributed by atoms with Gasteiger partial charge >= 0.3 is 0 Å². The molecule has 1 unspecified atom stereocenters. The lowest BCUT2D eigenvalue weighted by atomic mass is 10.1. The van der Waals surface area contributed by atoms with Crippen LogP contribution in [0.3, 0.4) is 0 Å². The topological polar surface area (TPSA) is 67.3 Å². The van der Waals surface area contributed by atoms with Crippen molar-refractivity contribution in [3.63, 3.8) is 0 Å². The average Bonchev–Trinajstić information content (AvgIpc) is 2.69. The lowest BCUT2D eigenvalue weighted by Gasteiger charge is -2.12. The smallest absolute Gasteiger partial charge is 0.119 e. The Hall–Kier alpha value is -2.76. The van der Waals surface area contributed by atoms with Gasteiger partial charge in [-0.1, -0.05) is 12.1 Å². The first kappa shape index (κ1) is 17.1. The number of aliphatic hydroxyl groups excluding tert-OH is 1. The first-order valence-corrected chi connectivity index (χ1v) is 8.20. The summed E-state index contributed by atoms with van der Waals surface area (Å²) in [5.41, 5.74) is 3.09. The summed E-state index contributed by atoms with van der Waals surface area (Å²) < 4.78 is 5.75. The second kappa shape index (κ2) is 8.92. The standard InChI is InChI=1S/C20H21N3O2/c24-20(18-7-11-22-12-8-18)14-23-13-16-1-3-19(4-2-16)25-15-17-5-9-21-10-6-17/h1-12,20,23-24H,13-15H2. The average molecular weight is 335 g/mol. The molecule has 25 heavy (non-hydrogen) atoms. The van der Waals surface area contributed by atoms with Crippen molar-refractivity contribution in [2.45, 2.75) is 19.3 Å². The van der Waals surface area contributed by atoms with Crippen LogP contribution in [0.25, 0.3) is 0 Å². The minimum atomic E-state index is -0.536. The van der Waals surface area contributed by atoms with Gasteiger partial charge in [0.2, 0.25) is 0 Å². The highest BCUT2D eigenvalue weighted by molar-refractivity contribution is 5.27. The lowest BCUT2D eigenvalue weighted by Crippen LogP contribution is -2.21. The number of rotatable bonds is 8. The number of hydrogen-bond acceptors (Lipinski definition) is 5. The molecule has 5 heteroatoms. The maximum absolute atomic E-state index is 10.1. The van der Waals surface area contributed by atoms with Gasteiger partial charge in [-0.05, 0) is 53.1 Å². The second-order valence-corrected chi connectivity index (χ2v) is 5.72. The van der Waals surface area contributed by atoms with E-state index in [1.165, 1.54) is 0 Å². The molecule has 1 atom stereocenters. The normalized spacial score (nSPS) is 11.9. The molecule has 3 rings (SSSR count). The lowest BCUT2D eigenvalue weighted by molar-refractivity contribution is 0.174. The molecule has 0 spiro atoms. The maximum Gasteiger partial charge on any atom is 0.119 e. The van der Waals surface area contributed by atoms with Gasteiger partial charge < -0.3 is 15.2 Å². The van der Waals surface area contributed by atoms with Gasteiger partial charge in [0.15, 0.2) is 0 Å². The quantitative estimate of drug-likeness (QED) is 0.662. The van der Waals surface area contributed by atoms with Crippen LogP contribution in [0.5, 0.6) is 5.75 Å². The Morgan fingerprint density at radius 1 is 0.840 bits per heavy atom. The van der Waals surface area contributed by atoms with Crippen LogP contribution in [0.2, 0.25) is 0 Å². The molecular weight excluding hydrogens is 314 g/mol. The van der Waals surface area contributed by atoms with Crippen LogP contribution in [0, 0.1) is 0 Å². The zero-order chi connectivity index (χ0) is 17.3. The van der Waals surface area contributed by atoms with Crippen molar-refractivity contribution in [3.05, 3.63) is 90.0 Å². The third-order valence-electron chi connectivity index (χ3n) is 3.84. The van der Waals surface area contributed by atoms with Gasteiger partial charge in [0.25, 0.3) is 0 Å². The fourth-order valence-electron chi connectivity index (χ4n) is 2.41. The van der Waals surface area contributed by atoms with E-state index in [4.69, 9.17) is 4.74 Å². The highest BCUT2D eigenvalue weighted by atomic mass is 16.5. The van der Waals surface area contributed by atoms with Gasteiger partial charge in [0.1, 0.15) is 12.4 Å². The van der Waals surface area contributed by atoms with Gasteiger partial charge in [0.05, 0.1) is 6.10 Å². The van der Waals surface area contributed by atoms with Gasteiger partial charge in [-0.3, -0.25) is 9.97 Å². The van der Waals surface area contributed by atoms with Crippen molar-refractivity contribution in [2.24, 2.45) is 0 Å². The molecule has 128 valence electrons. The third-order valence-corrected chi connectivity index (χ3v) is 3.84. The van der Waals surface area contributed by atoms with Crippen LogP contribution in [0.1, 0.15) is 22.8 Å². The molecule has 2 aromatic heterocycles. The number of pyridine rings is 2. The summed E-state index contributed by atoms with van der Waals surface area (Å²) in [4.78, 5) is 7.94. The Bertz CT molecular complexity index is 749. The highest BCUT2D eigenvalue weighted by Gasteiger charge is 2.06. The summed E-state index contributed by atoms with van der Waals surface area (Å²) in [5, 5.41) is 13.4. The molecule has 0 saturated heterocycles. The Kier molecular flexibility index (Phi) is 6.09. The number of aromatic nitrogens is 2. The molecule has 3 aromatic rings. The number of nitrogens with zero attached hydrogens (tertiary/aromatic N) is 2. The Labute approximate surface area is 147 Å². The molecule has 2 heterocycles. The zero-order valence-electron chi connectivity index (χ0n) is 13.9. The molecular formula is C20H21N3O2. The molecule has 0 aliphatic heterocycles. The van der Waals surface area contributed by atoms with Gasteiger partial charge in [-0.15, -0.1) is 0 Å². The minimum Gasteiger partial charge on any atom is -0.489 e. The largest absolute Gasteiger partial charge is 0.489 e. The molecule has 0 amide bonds. The zero-order valence-corrected chi connectivity index (χ0v) is 13.9. The van der Waals surface area contributed by atoms with Crippen molar-refractivity contribution in [3.8, 4) is 5.75 Å². The molecule has 0 saturated carbocycles. The SMILES string of the molecule is OC(CNCc1ccc(OCc2ccncc2)cc1)c1ccncc1. The summed E-state index contributed by atoms with van der Waals surface area (Å²) in [6.45, 7) is 1.70. The monoisotopic (exact) mass is 335 g/mol. The summed E-state index contributed by atoms with van der Waals surface area (Å²) in [6, 6.07) is 15.5. The van der Waals surface area contributed by atoms with Crippen molar-refractivity contribution in [2.75, 3.05) is 6.54 Å². The van der Waals surface area contributed by atoms with Crippen LogP contribution < -0.4 is 10.1 Å². The fourth-order valence-corrected chi connectivity index (χ4v) is 2.41. The van der Waals surface area contributed by atoms with Crippen molar-refractivity contribution < 1.29 is 9.84 Å². The van der Waals surface area contributed by atoms with Crippen molar-refractivity contribution >= 4 is 0 Å². The molecule has 0 fully saturated rings. The first-order valence-electron chi connectivity index (χ1n) is 8.20. The van der Waals surface area contributed by atoms with E-state index < -0.39 is 6.10 Å². The molecule has 0 radical (unpaired) electrons. The van der Waals surface area contributed by atoms with E-state index in [-0.39, 0.29) is 0 Å². The van der Waals surface area contributed by atoms with Gasteiger partial charge in [-0.2, -0.15) is 0 Å². The number of aliphatic hydroxyl groups is 1. The predicted octanol–water partition coefficient (Wildman–Crippen LogP) is 2.88. The van der Waals surface area contributed by atoms with E-state index in [9.17, 15) is 5.11 Å². The summed E-state index contributed by atoms with van der Waals surface area (Å²) in [5.74, 6) is 0.831. The van der Waals surface area contributed by atoms with Gasteiger partial charge in [-0.25, -0.2) is 0 Å². The van der Waals surface area contributed by atoms with E-state index in [0.717, 1.165) is 22.4 Å². The highest BCUT2D eigenvalue weighted by Crippen LogP contribution is 2.15. The van der Waals surface area contributed by atoms with E-state index in [0.29, 0.717) is 19.7 Å². The Morgan fingerprint density at radius 3 is 2.16 bits per heavy atom. The summed E-state index contributed by atoms with van der Waals surface area (Å²) in [6.07, 6.45) is 6.35. The fraction of sp³-hybridized carbons (Fsp3) is 0.200. The number of benzene rings is 1. The summed E-state index contributed by atoms with van der Waals surface area (Å²) in [7, 11) is 0. The number of ether oxygens (including phenoxy) is 1. The van der Waals surface area contributed by atoms with Crippen LogP contribution >= 0.6 is 0 Å². The third kappa shape index (κ3) is 5.38. The Balaban J connectivity index is 1.43. The molecule has 0 aliphatic rings. The van der Waals surface area contributed by atoms with E-state index in [2.05, 4.69) is 15.3 Å². The van der Waals surface area contributed by atoms with Crippen molar-refractivity contribution in [1.29, 1.82) is 0 Å². The summed E-state index contributed by atoms with van der Waals surface area (Å²) >= 11 is 0. The van der Waals surface area contributed by atoms with E-state index in [1.807, 2.05) is 48.5 Å². The molecule has 0 aliphatic carbocycles. The molecule has 0 bridgehead atoms. The van der Waals surface area contributed by atoms with Crippen LogP contribution in [0.4, 0.5) is 0 Å². The van der Waals surface area contributed by atoms with Crippen molar-refractivity contribution in [1.82, 2.24) is 15.3 Å². The van der Waals surface area contributed by atoms with Crippen LogP contribution in [-0.4, -0.2) is 21.6 Å². The first-order chi connectivity index (χ1) is 12.3. The van der Waals surface area contributed by atoms with Crippen LogP contribution in [-0.2, 0) is 13.2 Å².